The summed E-state index contributed by atoms with van der Waals surface area (Å²) in [5, 5.41) is 8.52. The SMILES string of the molecule is CN1C(=O)N(Cc2nnc3n2CCCCC3)C(=O)C1Cc1ccccc1. The Hall–Kier alpha value is -2.70. The highest BCUT2D eigenvalue weighted by molar-refractivity contribution is 6.04. The number of aromatic nitrogens is 3. The second kappa shape index (κ2) is 6.90. The van der Waals surface area contributed by atoms with Gasteiger partial charge in [-0.05, 0) is 18.4 Å². The minimum Gasteiger partial charge on any atom is -0.315 e. The molecule has 2 aliphatic heterocycles. The standard InChI is InChI=1S/C19H23N5O2/c1-22-15(12-14-8-4-2-5-9-14)18(25)24(19(22)26)13-17-21-20-16-10-6-3-7-11-23(16)17/h2,4-5,8-9,15H,3,6-7,10-13H2,1H3. The molecule has 1 atom stereocenters. The van der Waals surface area contributed by atoms with Crippen molar-refractivity contribution in [2.45, 2.75) is 51.2 Å². The molecule has 2 aromatic rings. The highest BCUT2D eigenvalue weighted by Gasteiger charge is 2.43. The van der Waals surface area contributed by atoms with Gasteiger partial charge in [-0.1, -0.05) is 36.8 Å². The minimum absolute atomic E-state index is 0.160. The number of benzene rings is 1. The van der Waals surface area contributed by atoms with Crippen LogP contribution in [0.4, 0.5) is 4.79 Å². The third-order valence-electron chi connectivity index (χ3n) is 5.31. The topological polar surface area (TPSA) is 71.3 Å². The molecule has 3 amide bonds. The number of hydrogen-bond donors (Lipinski definition) is 0. The molecule has 0 aliphatic carbocycles. The van der Waals surface area contributed by atoms with Gasteiger partial charge in [0.05, 0.1) is 6.54 Å². The largest absolute Gasteiger partial charge is 0.327 e. The lowest BCUT2D eigenvalue weighted by molar-refractivity contribution is -0.128. The van der Waals surface area contributed by atoms with Gasteiger partial charge in [-0.3, -0.25) is 9.69 Å². The van der Waals surface area contributed by atoms with Crippen molar-refractivity contribution in [2.24, 2.45) is 0 Å². The van der Waals surface area contributed by atoms with Crippen molar-refractivity contribution < 1.29 is 9.59 Å². The number of imide groups is 1. The van der Waals surface area contributed by atoms with Crippen molar-refractivity contribution in [3.8, 4) is 0 Å². The molecule has 4 rings (SSSR count). The Morgan fingerprint density at radius 1 is 1.08 bits per heavy atom. The van der Waals surface area contributed by atoms with Crippen molar-refractivity contribution in [1.82, 2.24) is 24.6 Å². The van der Waals surface area contributed by atoms with Gasteiger partial charge in [0, 0.05) is 26.4 Å². The van der Waals surface area contributed by atoms with E-state index in [0.29, 0.717) is 12.2 Å². The molecular weight excluding hydrogens is 330 g/mol. The second-order valence-corrected chi connectivity index (χ2v) is 7.02. The Morgan fingerprint density at radius 3 is 2.69 bits per heavy atom. The van der Waals surface area contributed by atoms with E-state index in [9.17, 15) is 9.59 Å². The van der Waals surface area contributed by atoms with Gasteiger partial charge in [0.1, 0.15) is 11.9 Å². The summed E-state index contributed by atoms with van der Waals surface area (Å²) in [6.07, 6.45) is 4.80. The van der Waals surface area contributed by atoms with Crippen LogP contribution in [-0.2, 0) is 30.7 Å². The molecule has 1 unspecified atom stereocenters. The van der Waals surface area contributed by atoms with Crippen LogP contribution in [0.3, 0.4) is 0 Å². The Labute approximate surface area is 152 Å². The lowest BCUT2D eigenvalue weighted by Gasteiger charge is -2.15. The molecule has 26 heavy (non-hydrogen) atoms. The minimum atomic E-state index is -0.462. The predicted octanol–water partition coefficient (Wildman–Crippen LogP) is 2.01. The molecule has 1 aromatic carbocycles. The van der Waals surface area contributed by atoms with Crippen LogP contribution in [-0.4, -0.2) is 49.6 Å². The summed E-state index contributed by atoms with van der Waals surface area (Å²) in [7, 11) is 1.69. The maximum Gasteiger partial charge on any atom is 0.327 e. The first kappa shape index (κ1) is 16.8. The smallest absolute Gasteiger partial charge is 0.315 e. The van der Waals surface area contributed by atoms with Crippen LogP contribution in [0, 0.1) is 0 Å². The van der Waals surface area contributed by atoms with Gasteiger partial charge in [0.2, 0.25) is 0 Å². The van der Waals surface area contributed by atoms with E-state index in [4.69, 9.17) is 0 Å². The zero-order valence-corrected chi connectivity index (χ0v) is 15.0. The number of amides is 3. The maximum atomic E-state index is 12.9. The summed E-state index contributed by atoms with van der Waals surface area (Å²) in [6.45, 7) is 1.05. The van der Waals surface area contributed by atoms with Crippen LogP contribution in [0.25, 0.3) is 0 Å². The lowest BCUT2D eigenvalue weighted by Crippen LogP contribution is -2.33. The van der Waals surface area contributed by atoms with Crippen LogP contribution in [0.1, 0.15) is 36.5 Å². The number of carbonyl (C=O) groups excluding carboxylic acids is 2. The summed E-state index contributed by atoms with van der Waals surface area (Å²) in [5.74, 6) is 1.51. The molecule has 7 heteroatoms. The lowest BCUT2D eigenvalue weighted by atomic mass is 10.1. The molecule has 0 N–H and O–H groups in total. The summed E-state index contributed by atoms with van der Waals surface area (Å²) < 4.78 is 2.08. The van der Waals surface area contributed by atoms with E-state index in [1.54, 1.807) is 7.05 Å². The molecule has 0 saturated carbocycles. The molecule has 0 spiro atoms. The molecule has 136 valence electrons. The molecule has 1 fully saturated rings. The number of rotatable bonds is 4. The molecule has 1 saturated heterocycles. The molecule has 0 radical (unpaired) electrons. The van der Waals surface area contributed by atoms with Gasteiger partial charge < -0.3 is 9.47 Å². The van der Waals surface area contributed by atoms with E-state index in [2.05, 4.69) is 14.8 Å². The van der Waals surface area contributed by atoms with Gasteiger partial charge in [-0.25, -0.2) is 4.79 Å². The zero-order chi connectivity index (χ0) is 18.1. The highest BCUT2D eigenvalue weighted by atomic mass is 16.2. The average Bonchev–Trinajstić information content (AvgIpc) is 2.99. The van der Waals surface area contributed by atoms with Crippen LogP contribution in [0.15, 0.2) is 30.3 Å². The van der Waals surface area contributed by atoms with Gasteiger partial charge in [0.15, 0.2) is 5.82 Å². The Balaban J connectivity index is 1.53. The van der Waals surface area contributed by atoms with Gasteiger partial charge in [-0.2, -0.15) is 0 Å². The second-order valence-electron chi connectivity index (χ2n) is 7.02. The van der Waals surface area contributed by atoms with E-state index in [0.717, 1.165) is 37.2 Å². The van der Waals surface area contributed by atoms with Gasteiger partial charge in [0.25, 0.3) is 5.91 Å². The Kier molecular flexibility index (Phi) is 4.44. The van der Waals surface area contributed by atoms with Gasteiger partial charge in [-0.15, -0.1) is 10.2 Å². The first-order valence-corrected chi connectivity index (χ1v) is 9.18. The number of nitrogens with zero attached hydrogens (tertiary/aromatic N) is 5. The molecule has 0 bridgehead atoms. The molecule has 2 aliphatic rings. The molecule has 1 aromatic heterocycles. The maximum absolute atomic E-state index is 12.9. The average molecular weight is 353 g/mol. The number of fused-ring (bicyclic) bond motifs is 1. The number of carbonyl (C=O) groups is 2. The van der Waals surface area contributed by atoms with Crippen LogP contribution in [0.2, 0.25) is 0 Å². The fourth-order valence-electron chi connectivity index (χ4n) is 3.77. The van der Waals surface area contributed by atoms with Crippen LogP contribution >= 0.6 is 0 Å². The van der Waals surface area contributed by atoms with E-state index in [1.807, 2.05) is 30.3 Å². The Bertz CT molecular complexity index is 817. The summed E-state index contributed by atoms with van der Waals surface area (Å²) in [6, 6.07) is 9.07. The third kappa shape index (κ3) is 2.98. The Morgan fingerprint density at radius 2 is 1.88 bits per heavy atom. The molecule has 7 nitrogen and oxygen atoms in total. The first-order valence-electron chi connectivity index (χ1n) is 9.18. The number of likely N-dealkylation sites (N-methyl/N-ethyl adjacent to an activating group) is 1. The quantitative estimate of drug-likeness (QED) is 0.789. The van der Waals surface area contributed by atoms with Crippen molar-refractivity contribution in [2.75, 3.05) is 7.05 Å². The summed E-state index contributed by atoms with van der Waals surface area (Å²) in [5.41, 5.74) is 1.05. The van der Waals surface area contributed by atoms with Crippen molar-refractivity contribution >= 4 is 11.9 Å². The van der Waals surface area contributed by atoms with E-state index < -0.39 is 6.04 Å². The van der Waals surface area contributed by atoms with Gasteiger partial charge >= 0.3 is 6.03 Å². The normalized spacial score (nSPS) is 20.4. The summed E-state index contributed by atoms with van der Waals surface area (Å²) in [4.78, 5) is 28.4. The number of hydrogen-bond acceptors (Lipinski definition) is 4. The number of aryl methyl sites for hydroxylation is 1. The third-order valence-corrected chi connectivity index (χ3v) is 5.31. The van der Waals surface area contributed by atoms with E-state index >= 15 is 0 Å². The molecular formula is C19H23N5O2. The number of urea groups is 1. The summed E-state index contributed by atoms with van der Waals surface area (Å²) >= 11 is 0. The highest BCUT2D eigenvalue weighted by Crippen LogP contribution is 2.23. The van der Waals surface area contributed by atoms with Crippen molar-refractivity contribution in [3.05, 3.63) is 47.5 Å². The van der Waals surface area contributed by atoms with Crippen LogP contribution < -0.4 is 0 Å². The zero-order valence-electron chi connectivity index (χ0n) is 15.0. The monoisotopic (exact) mass is 353 g/mol. The van der Waals surface area contributed by atoms with Crippen molar-refractivity contribution in [3.63, 3.8) is 0 Å². The van der Waals surface area contributed by atoms with E-state index in [1.165, 1.54) is 16.2 Å². The first-order chi connectivity index (χ1) is 12.6. The van der Waals surface area contributed by atoms with Crippen molar-refractivity contribution in [1.29, 1.82) is 0 Å². The fourth-order valence-corrected chi connectivity index (χ4v) is 3.77. The van der Waals surface area contributed by atoms with E-state index in [-0.39, 0.29) is 18.5 Å². The molecule has 3 heterocycles. The van der Waals surface area contributed by atoms with Crippen LogP contribution in [0.5, 0.6) is 0 Å². The fraction of sp³-hybridized carbons (Fsp3) is 0.474. The predicted molar refractivity (Wildman–Crippen MR) is 95.2 cm³/mol.